The van der Waals surface area contributed by atoms with E-state index >= 15 is 0 Å². The molecule has 2 aromatic carbocycles. The lowest BCUT2D eigenvalue weighted by molar-refractivity contribution is -0.116. The van der Waals surface area contributed by atoms with Crippen molar-refractivity contribution in [3.05, 3.63) is 58.1 Å². The second kappa shape index (κ2) is 5.92. The molecule has 0 saturated carbocycles. The summed E-state index contributed by atoms with van der Waals surface area (Å²) in [6.45, 7) is 0. The standard InChI is InChI=1S/C17H12Cl2N2O/c1-21-15(8-7-11-5-3-2-4-6-11)17(22)20-14-9-12(18)13(19)10-16(14)21/h2-6,9-10,15H,1H3,(H,20,22)/t15-/m1/s1. The minimum absolute atomic E-state index is 0.183. The lowest BCUT2D eigenvalue weighted by Gasteiger charge is -2.32. The number of anilines is 2. The molecule has 0 fully saturated rings. The molecule has 5 heteroatoms. The lowest BCUT2D eigenvalue weighted by atomic mass is 10.1. The van der Waals surface area contributed by atoms with Crippen molar-refractivity contribution in [2.24, 2.45) is 0 Å². The van der Waals surface area contributed by atoms with Gasteiger partial charge in [0, 0.05) is 12.6 Å². The van der Waals surface area contributed by atoms with Gasteiger partial charge < -0.3 is 10.2 Å². The van der Waals surface area contributed by atoms with Crippen molar-refractivity contribution in [1.82, 2.24) is 0 Å². The highest BCUT2D eigenvalue weighted by molar-refractivity contribution is 6.42. The van der Waals surface area contributed by atoms with Gasteiger partial charge in [0.25, 0.3) is 5.91 Å². The van der Waals surface area contributed by atoms with Crippen molar-refractivity contribution >= 4 is 40.5 Å². The number of hydrogen-bond acceptors (Lipinski definition) is 2. The number of halogens is 2. The highest BCUT2D eigenvalue weighted by atomic mass is 35.5. The average Bonchev–Trinajstić information content (AvgIpc) is 2.50. The molecule has 0 saturated heterocycles. The van der Waals surface area contributed by atoms with E-state index in [1.807, 2.05) is 37.4 Å². The SMILES string of the molecule is CN1c2cc(Cl)c(Cl)cc2NC(=O)[C@H]1C#Cc1ccccc1. The first-order valence-electron chi connectivity index (χ1n) is 6.65. The number of nitrogens with one attached hydrogen (secondary N) is 1. The average molecular weight is 331 g/mol. The predicted molar refractivity (Wildman–Crippen MR) is 90.6 cm³/mol. The molecular weight excluding hydrogens is 319 g/mol. The zero-order valence-electron chi connectivity index (χ0n) is 11.7. The van der Waals surface area contributed by atoms with Crippen LogP contribution in [0.15, 0.2) is 42.5 Å². The van der Waals surface area contributed by atoms with Crippen molar-refractivity contribution in [2.45, 2.75) is 6.04 Å². The predicted octanol–water partition coefficient (Wildman–Crippen LogP) is 3.80. The summed E-state index contributed by atoms with van der Waals surface area (Å²) in [6, 6.07) is 12.3. The Morgan fingerprint density at radius 2 is 1.82 bits per heavy atom. The van der Waals surface area contributed by atoms with Crippen molar-refractivity contribution in [2.75, 3.05) is 17.3 Å². The van der Waals surface area contributed by atoms with Crippen LogP contribution in [0.3, 0.4) is 0 Å². The Morgan fingerprint density at radius 3 is 2.55 bits per heavy atom. The van der Waals surface area contributed by atoms with Crippen LogP contribution < -0.4 is 10.2 Å². The van der Waals surface area contributed by atoms with E-state index in [4.69, 9.17) is 23.2 Å². The van der Waals surface area contributed by atoms with Gasteiger partial charge in [-0.1, -0.05) is 53.2 Å². The van der Waals surface area contributed by atoms with E-state index < -0.39 is 6.04 Å². The molecule has 0 aromatic heterocycles. The quantitative estimate of drug-likeness (QED) is 0.745. The lowest BCUT2D eigenvalue weighted by Crippen LogP contribution is -2.45. The van der Waals surface area contributed by atoms with Gasteiger partial charge in [-0.15, -0.1) is 0 Å². The van der Waals surface area contributed by atoms with Gasteiger partial charge in [0.1, 0.15) is 0 Å². The van der Waals surface area contributed by atoms with Gasteiger partial charge in [-0.25, -0.2) is 0 Å². The Morgan fingerprint density at radius 1 is 1.14 bits per heavy atom. The summed E-state index contributed by atoms with van der Waals surface area (Å²) in [4.78, 5) is 14.1. The molecule has 1 atom stereocenters. The highest BCUT2D eigenvalue weighted by Gasteiger charge is 2.29. The Balaban J connectivity index is 1.96. The molecule has 0 spiro atoms. The van der Waals surface area contributed by atoms with Gasteiger partial charge in [0.2, 0.25) is 0 Å². The number of amides is 1. The van der Waals surface area contributed by atoms with Crippen molar-refractivity contribution < 1.29 is 4.79 Å². The van der Waals surface area contributed by atoms with Gasteiger partial charge >= 0.3 is 0 Å². The summed E-state index contributed by atoms with van der Waals surface area (Å²) in [5.74, 6) is 5.84. The van der Waals surface area contributed by atoms with Crippen LogP contribution in [-0.4, -0.2) is 19.0 Å². The summed E-state index contributed by atoms with van der Waals surface area (Å²) < 4.78 is 0. The normalized spacial score (nSPS) is 16.4. The number of rotatable bonds is 0. The molecule has 1 heterocycles. The number of benzene rings is 2. The minimum atomic E-state index is -0.579. The molecule has 1 aliphatic rings. The maximum Gasteiger partial charge on any atom is 0.259 e. The Kier molecular flexibility index (Phi) is 3.98. The van der Waals surface area contributed by atoms with Crippen LogP contribution in [0.25, 0.3) is 0 Å². The molecule has 1 amide bonds. The van der Waals surface area contributed by atoms with Crippen molar-refractivity contribution in [3.8, 4) is 11.8 Å². The maximum absolute atomic E-state index is 12.3. The fourth-order valence-corrected chi connectivity index (χ4v) is 2.60. The zero-order valence-corrected chi connectivity index (χ0v) is 13.2. The van der Waals surface area contributed by atoms with Gasteiger partial charge in [-0.3, -0.25) is 4.79 Å². The van der Waals surface area contributed by atoms with Crippen LogP contribution in [0.2, 0.25) is 10.0 Å². The molecule has 3 nitrogen and oxygen atoms in total. The fourth-order valence-electron chi connectivity index (χ4n) is 2.28. The Bertz CT molecular complexity index is 794. The molecule has 22 heavy (non-hydrogen) atoms. The second-order valence-corrected chi connectivity index (χ2v) is 5.74. The Hall–Kier alpha value is -2.15. The monoisotopic (exact) mass is 330 g/mol. The van der Waals surface area contributed by atoms with Crippen LogP contribution >= 0.6 is 23.2 Å². The highest BCUT2D eigenvalue weighted by Crippen LogP contribution is 2.37. The summed E-state index contributed by atoms with van der Waals surface area (Å²) >= 11 is 12.0. The maximum atomic E-state index is 12.3. The number of likely N-dealkylation sites (N-methyl/N-ethyl adjacent to an activating group) is 1. The van der Waals surface area contributed by atoms with Gasteiger partial charge in [-0.2, -0.15) is 0 Å². The third kappa shape index (κ3) is 2.76. The largest absolute Gasteiger partial charge is 0.351 e. The van der Waals surface area contributed by atoms with Crippen LogP contribution in [0.5, 0.6) is 0 Å². The molecule has 1 N–H and O–H groups in total. The molecule has 1 aliphatic heterocycles. The summed E-state index contributed by atoms with van der Waals surface area (Å²) in [5, 5.41) is 3.67. The molecule has 0 bridgehead atoms. The topological polar surface area (TPSA) is 32.3 Å². The first-order valence-corrected chi connectivity index (χ1v) is 7.41. The van der Waals surface area contributed by atoms with Crippen molar-refractivity contribution in [1.29, 1.82) is 0 Å². The molecule has 110 valence electrons. The number of carbonyl (C=O) groups excluding carboxylic acids is 1. The molecular formula is C17H12Cl2N2O. The minimum Gasteiger partial charge on any atom is -0.351 e. The summed E-state index contributed by atoms with van der Waals surface area (Å²) in [5.41, 5.74) is 2.30. The van der Waals surface area contributed by atoms with Gasteiger partial charge in [0.05, 0.1) is 21.4 Å². The zero-order chi connectivity index (χ0) is 15.7. The Labute approximate surface area is 138 Å². The van der Waals surface area contributed by atoms with E-state index in [1.54, 1.807) is 17.0 Å². The third-order valence-corrected chi connectivity index (χ3v) is 4.16. The van der Waals surface area contributed by atoms with Crippen LogP contribution in [0, 0.1) is 11.8 Å². The third-order valence-electron chi connectivity index (χ3n) is 3.44. The number of fused-ring (bicyclic) bond motifs is 1. The van der Waals surface area contributed by atoms with E-state index in [-0.39, 0.29) is 5.91 Å². The van der Waals surface area contributed by atoms with Gasteiger partial charge in [-0.05, 0) is 24.3 Å². The van der Waals surface area contributed by atoms with Crippen LogP contribution in [0.4, 0.5) is 11.4 Å². The number of hydrogen-bond donors (Lipinski definition) is 1. The molecule has 3 rings (SSSR count). The number of carbonyl (C=O) groups is 1. The van der Waals surface area contributed by atoms with E-state index in [2.05, 4.69) is 17.2 Å². The first-order chi connectivity index (χ1) is 10.6. The van der Waals surface area contributed by atoms with E-state index in [1.165, 1.54) is 0 Å². The summed E-state index contributed by atoms with van der Waals surface area (Å²) in [6.07, 6.45) is 0. The molecule has 0 aliphatic carbocycles. The smallest absolute Gasteiger partial charge is 0.259 e. The molecule has 2 aromatic rings. The van der Waals surface area contributed by atoms with E-state index in [0.29, 0.717) is 15.7 Å². The molecule has 0 radical (unpaired) electrons. The van der Waals surface area contributed by atoms with Crippen LogP contribution in [0.1, 0.15) is 5.56 Å². The van der Waals surface area contributed by atoms with Gasteiger partial charge in [0.15, 0.2) is 6.04 Å². The molecule has 0 unspecified atom stereocenters. The van der Waals surface area contributed by atoms with Crippen molar-refractivity contribution in [3.63, 3.8) is 0 Å². The van der Waals surface area contributed by atoms with E-state index in [9.17, 15) is 4.79 Å². The first kappa shape index (κ1) is 14.8. The van der Waals surface area contributed by atoms with Crippen LogP contribution in [-0.2, 0) is 4.79 Å². The van der Waals surface area contributed by atoms with E-state index in [0.717, 1.165) is 11.3 Å². The fraction of sp³-hybridized carbons (Fsp3) is 0.118. The second-order valence-electron chi connectivity index (χ2n) is 4.92. The number of nitrogens with zero attached hydrogens (tertiary/aromatic N) is 1. The summed E-state index contributed by atoms with van der Waals surface area (Å²) in [7, 11) is 1.81.